The van der Waals surface area contributed by atoms with E-state index in [1.807, 2.05) is 30.5 Å². The molecule has 18 heavy (non-hydrogen) atoms. The van der Waals surface area contributed by atoms with Crippen molar-refractivity contribution in [3.05, 3.63) is 30.5 Å². The van der Waals surface area contributed by atoms with Crippen LogP contribution in [0.25, 0.3) is 10.9 Å². The highest BCUT2D eigenvalue weighted by Crippen LogP contribution is 2.43. The van der Waals surface area contributed by atoms with Crippen LogP contribution in [0.15, 0.2) is 30.5 Å². The van der Waals surface area contributed by atoms with Gasteiger partial charge in [-0.25, -0.2) is 9.97 Å². The van der Waals surface area contributed by atoms with Crippen LogP contribution in [0.1, 0.15) is 32.6 Å². The average Bonchev–Trinajstić information content (AvgIpc) is 2.38. The van der Waals surface area contributed by atoms with E-state index in [1.54, 1.807) is 0 Å². The molecule has 0 aliphatic heterocycles. The van der Waals surface area contributed by atoms with Crippen LogP contribution in [0.5, 0.6) is 0 Å². The molecule has 0 amide bonds. The number of rotatable bonds is 4. The van der Waals surface area contributed by atoms with Gasteiger partial charge in [-0.1, -0.05) is 31.5 Å². The third kappa shape index (κ3) is 2.05. The molecule has 3 rings (SSSR count). The molecule has 3 heteroatoms. The number of para-hydroxylation sites is 1. The van der Waals surface area contributed by atoms with Gasteiger partial charge in [-0.2, -0.15) is 0 Å². The summed E-state index contributed by atoms with van der Waals surface area (Å²) >= 11 is 0. The van der Waals surface area contributed by atoms with Crippen molar-refractivity contribution < 1.29 is 0 Å². The Morgan fingerprint density at radius 2 is 2.11 bits per heavy atom. The highest BCUT2D eigenvalue weighted by Gasteiger charge is 2.34. The highest BCUT2D eigenvalue weighted by atomic mass is 15.1. The van der Waals surface area contributed by atoms with Crippen LogP contribution in [0.4, 0.5) is 5.95 Å². The molecule has 1 aromatic heterocycles. The Balaban J connectivity index is 1.74. The lowest BCUT2D eigenvalue weighted by Crippen LogP contribution is -2.36. The summed E-state index contributed by atoms with van der Waals surface area (Å²) in [5, 5.41) is 4.50. The van der Waals surface area contributed by atoms with E-state index in [0.29, 0.717) is 5.41 Å². The van der Waals surface area contributed by atoms with Crippen molar-refractivity contribution in [3.8, 4) is 0 Å². The minimum absolute atomic E-state index is 0.495. The van der Waals surface area contributed by atoms with Crippen molar-refractivity contribution in [1.29, 1.82) is 0 Å². The van der Waals surface area contributed by atoms with E-state index in [0.717, 1.165) is 23.4 Å². The quantitative estimate of drug-likeness (QED) is 0.888. The highest BCUT2D eigenvalue weighted by molar-refractivity contribution is 5.78. The third-order valence-corrected chi connectivity index (χ3v) is 4.27. The minimum Gasteiger partial charge on any atom is -0.354 e. The molecule has 0 radical (unpaired) electrons. The maximum atomic E-state index is 4.55. The number of nitrogens with zero attached hydrogens (tertiary/aromatic N) is 2. The van der Waals surface area contributed by atoms with Crippen LogP contribution < -0.4 is 5.32 Å². The molecule has 0 saturated heterocycles. The van der Waals surface area contributed by atoms with Gasteiger partial charge in [0.2, 0.25) is 5.95 Å². The fraction of sp³-hybridized carbons (Fsp3) is 0.467. The van der Waals surface area contributed by atoms with E-state index in [4.69, 9.17) is 0 Å². The largest absolute Gasteiger partial charge is 0.354 e. The van der Waals surface area contributed by atoms with Gasteiger partial charge in [-0.05, 0) is 30.7 Å². The van der Waals surface area contributed by atoms with Gasteiger partial charge in [0.05, 0.1) is 5.52 Å². The van der Waals surface area contributed by atoms with Gasteiger partial charge in [0.25, 0.3) is 0 Å². The molecule has 2 aromatic rings. The van der Waals surface area contributed by atoms with Crippen molar-refractivity contribution in [2.24, 2.45) is 5.41 Å². The number of nitrogens with one attached hydrogen (secondary N) is 1. The maximum absolute atomic E-state index is 4.55. The van der Waals surface area contributed by atoms with Gasteiger partial charge >= 0.3 is 0 Å². The molecule has 0 spiro atoms. The molecule has 1 aliphatic rings. The van der Waals surface area contributed by atoms with Crippen LogP contribution in [-0.4, -0.2) is 16.5 Å². The first-order chi connectivity index (χ1) is 8.81. The Kier molecular flexibility index (Phi) is 2.90. The van der Waals surface area contributed by atoms with Gasteiger partial charge < -0.3 is 5.32 Å². The first-order valence-electron chi connectivity index (χ1n) is 6.77. The first-order valence-corrected chi connectivity index (χ1v) is 6.77. The first kappa shape index (κ1) is 11.5. The summed E-state index contributed by atoms with van der Waals surface area (Å²) in [6, 6.07) is 8.09. The van der Waals surface area contributed by atoms with Crippen LogP contribution in [0.3, 0.4) is 0 Å². The van der Waals surface area contributed by atoms with Crippen molar-refractivity contribution in [2.45, 2.75) is 32.6 Å². The predicted octanol–water partition coefficient (Wildman–Crippen LogP) is 3.62. The molecule has 94 valence electrons. The Bertz CT molecular complexity index is 541. The fourth-order valence-corrected chi connectivity index (χ4v) is 2.66. The topological polar surface area (TPSA) is 37.8 Å². The van der Waals surface area contributed by atoms with Crippen LogP contribution in [-0.2, 0) is 0 Å². The Morgan fingerprint density at radius 1 is 1.28 bits per heavy atom. The standard InChI is InChI=1S/C15H19N3/c1-2-15(8-5-9-15)11-17-14-16-10-12-6-3-4-7-13(12)18-14/h3-4,6-7,10H,2,5,8-9,11H2,1H3,(H,16,17,18). The van der Waals surface area contributed by atoms with Gasteiger partial charge in [0, 0.05) is 18.1 Å². The van der Waals surface area contributed by atoms with E-state index in [9.17, 15) is 0 Å². The number of anilines is 1. The summed E-state index contributed by atoms with van der Waals surface area (Å²) in [7, 11) is 0. The fourth-order valence-electron chi connectivity index (χ4n) is 2.66. The number of hydrogen-bond acceptors (Lipinski definition) is 3. The smallest absolute Gasteiger partial charge is 0.223 e. The van der Waals surface area contributed by atoms with E-state index in [1.165, 1.54) is 25.7 Å². The summed E-state index contributed by atoms with van der Waals surface area (Å²) in [5.41, 5.74) is 1.50. The second-order valence-corrected chi connectivity index (χ2v) is 5.31. The number of aromatic nitrogens is 2. The van der Waals surface area contributed by atoms with Crippen LogP contribution in [0, 0.1) is 5.41 Å². The second kappa shape index (κ2) is 4.56. The molecule has 3 nitrogen and oxygen atoms in total. The van der Waals surface area contributed by atoms with Crippen LogP contribution in [0.2, 0.25) is 0 Å². The van der Waals surface area contributed by atoms with E-state index in [-0.39, 0.29) is 0 Å². The van der Waals surface area contributed by atoms with Crippen molar-refractivity contribution in [1.82, 2.24) is 9.97 Å². The molecule has 1 N–H and O–H groups in total. The molecule has 0 atom stereocenters. The zero-order valence-corrected chi connectivity index (χ0v) is 10.8. The lowest BCUT2D eigenvalue weighted by molar-refractivity contribution is 0.144. The zero-order valence-electron chi connectivity index (χ0n) is 10.8. The molecule has 0 bridgehead atoms. The molecule has 0 unspecified atom stereocenters. The number of hydrogen-bond donors (Lipinski definition) is 1. The Hall–Kier alpha value is -1.64. The second-order valence-electron chi connectivity index (χ2n) is 5.31. The third-order valence-electron chi connectivity index (χ3n) is 4.27. The molecule has 1 fully saturated rings. The predicted molar refractivity (Wildman–Crippen MR) is 74.6 cm³/mol. The lowest BCUT2D eigenvalue weighted by Gasteiger charge is -2.41. The lowest BCUT2D eigenvalue weighted by atomic mass is 9.67. The van der Waals surface area contributed by atoms with Crippen molar-refractivity contribution in [2.75, 3.05) is 11.9 Å². The number of fused-ring (bicyclic) bond motifs is 1. The molecule has 1 aromatic carbocycles. The SMILES string of the molecule is CCC1(CNc2ncc3ccccc3n2)CCC1. The van der Waals surface area contributed by atoms with Gasteiger partial charge in [0.1, 0.15) is 0 Å². The molecular formula is C15H19N3. The molecule has 1 saturated carbocycles. The van der Waals surface area contributed by atoms with E-state index in [2.05, 4.69) is 22.2 Å². The van der Waals surface area contributed by atoms with Crippen molar-refractivity contribution in [3.63, 3.8) is 0 Å². The summed E-state index contributed by atoms with van der Waals surface area (Å²) in [5.74, 6) is 0.758. The molecule has 1 aliphatic carbocycles. The Morgan fingerprint density at radius 3 is 2.83 bits per heavy atom. The summed E-state index contributed by atoms with van der Waals surface area (Å²) in [4.78, 5) is 8.93. The average molecular weight is 241 g/mol. The monoisotopic (exact) mass is 241 g/mol. The van der Waals surface area contributed by atoms with Crippen molar-refractivity contribution >= 4 is 16.9 Å². The molecular weight excluding hydrogens is 222 g/mol. The van der Waals surface area contributed by atoms with Crippen LogP contribution >= 0.6 is 0 Å². The summed E-state index contributed by atoms with van der Waals surface area (Å²) in [6.07, 6.45) is 7.18. The van der Waals surface area contributed by atoms with E-state index >= 15 is 0 Å². The molecule has 1 heterocycles. The number of benzene rings is 1. The Labute approximate surface area is 108 Å². The minimum atomic E-state index is 0.495. The maximum Gasteiger partial charge on any atom is 0.223 e. The zero-order chi connectivity index (χ0) is 12.4. The summed E-state index contributed by atoms with van der Waals surface area (Å²) < 4.78 is 0. The summed E-state index contributed by atoms with van der Waals surface area (Å²) in [6.45, 7) is 3.28. The van der Waals surface area contributed by atoms with Gasteiger partial charge in [0.15, 0.2) is 0 Å². The normalized spacial score (nSPS) is 17.4. The van der Waals surface area contributed by atoms with E-state index < -0.39 is 0 Å². The van der Waals surface area contributed by atoms with Gasteiger partial charge in [-0.15, -0.1) is 0 Å². The van der Waals surface area contributed by atoms with Gasteiger partial charge in [-0.3, -0.25) is 0 Å².